The SMILES string of the molecule is O=C(COc1cccc(N2C(=O)[C@H]3[C@H]4CC[C@@H](C4)[C@@H]3C2=O)c1)c1ccc(-c2ccccc2)cc1. The van der Waals surface area contributed by atoms with Crippen molar-refractivity contribution in [2.75, 3.05) is 11.5 Å². The van der Waals surface area contributed by atoms with Crippen LogP contribution >= 0.6 is 0 Å². The number of hydrogen-bond donors (Lipinski definition) is 0. The second-order valence-corrected chi connectivity index (χ2v) is 9.55. The van der Waals surface area contributed by atoms with Gasteiger partial charge >= 0.3 is 0 Å². The Balaban J connectivity index is 1.13. The summed E-state index contributed by atoms with van der Waals surface area (Å²) in [6.07, 6.45) is 3.12. The maximum Gasteiger partial charge on any atom is 0.237 e. The summed E-state index contributed by atoms with van der Waals surface area (Å²) in [6, 6.07) is 24.4. The summed E-state index contributed by atoms with van der Waals surface area (Å²) in [5, 5.41) is 0. The molecule has 0 spiro atoms. The minimum atomic E-state index is -0.156. The monoisotopic (exact) mass is 451 g/mol. The highest BCUT2D eigenvalue weighted by atomic mass is 16.5. The molecule has 170 valence electrons. The molecule has 0 aromatic heterocycles. The first-order valence-corrected chi connectivity index (χ1v) is 11.9. The fraction of sp³-hybridized carbons (Fsp3) is 0.276. The van der Waals surface area contributed by atoms with Crippen LogP contribution in [0.1, 0.15) is 29.6 Å². The fourth-order valence-electron chi connectivity index (χ4n) is 6.09. The summed E-state index contributed by atoms with van der Waals surface area (Å²) < 4.78 is 5.76. The number of nitrogens with zero attached hydrogens (tertiary/aromatic N) is 1. The van der Waals surface area contributed by atoms with E-state index in [1.165, 1.54) is 4.90 Å². The van der Waals surface area contributed by atoms with E-state index in [0.717, 1.165) is 30.4 Å². The van der Waals surface area contributed by atoms with Gasteiger partial charge in [-0.2, -0.15) is 0 Å². The average molecular weight is 452 g/mol. The van der Waals surface area contributed by atoms with Gasteiger partial charge in [-0.25, -0.2) is 4.90 Å². The summed E-state index contributed by atoms with van der Waals surface area (Å²) >= 11 is 0. The Labute approximate surface area is 198 Å². The molecule has 3 aliphatic rings. The van der Waals surface area contributed by atoms with Gasteiger partial charge in [0.05, 0.1) is 17.5 Å². The van der Waals surface area contributed by atoms with Crippen molar-refractivity contribution in [2.24, 2.45) is 23.7 Å². The first-order chi connectivity index (χ1) is 16.6. The van der Waals surface area contributed by atoms with Crippen LogP contribution in [-0.2, 0) is 9.59 Å². The zero-order valence-electron chi connectivity index (χ0n) is 18.7. The Bertz CT molecular complexity index is 1240. The van der Waals surface area contributed by atoms with Crippen LogP contribution in [0.3, 0.4) is 0 Å². The Morgan fingerprint density at radius 1 is 0.794 bits per heavy atom. The maximum absolute atomic E-state index is 13.1. The zero-order valence-corrected chi connectivity index (χ0v) is 18.7. The fourth-order valence-corrected chi connectivity index (χ4v) is 6.09. The third-order valence-electron chi connectivity index (χ3n) is 7.69. The van der Waals surface area contributed by atoms with Gasteiger partial charge in [0, 0.05) is 11.6 Å². The van der Waals surface area contributed by atoms with Crippen molar-refractivity contribution in [3.63, 3.8) is 0 Å². The second-order valence-electron chi connectivity index (χ2n) is 9.55. The summed E-state index contributed by atoms with van der Waals surface area (Å²) in [6.45, 7) is -0.120. The summed E-state index contributed by atoms with van der Waals surface area (Å²) in [5.41, 5.74) is 3.24. The minimum Gasteiger partial charge on any atom is -0.485 e. The van der Waals surface area contributed by atoms with Gasteiger partial charge in [0.1, 0.15) is 5.75 Å². The predicted octanol–water partition coefficient (Wildman–Crippen LogP) is 5.15. The molecule has 5 heteroatoms. The number of Topliss-reactive ketones (excluding diaryl/α,β-unsaturated/α-hetero) is 1. The number of amides is 2. The maximum atomic E-state index is 13.1. The summed E-state index contributed by atoms with van der Waals surface area (Å²) in [5.74, 6) is 0.566. The first-order valence-electron chi connectivity index (χ1n) is 11.9. The van der Waals surface area contributed by atoms with E-state index >= 15 is 0 Å². The van der Waals surface area contributed by atoms with Crippen LogP contribution in [0.25, 0.3) is 11.1 Å². The van der Waals surface area contributed by atoms with Gasteiger partial charge in [-0.15, -0.1) is 0 Å². The number of hydrogen-bond acceptors (Lipinski definition) is 4. The third-order valence-corrected chi connectivity index (χ3v) is 7.69. The molecule has 1 aliphatic heterocycles. The number of imide groups is 1. The highest BCUT2D eigenvalue weighted by Gasteiger charge is 2.61. The van der Waals surface area contributed by atoms with Crippen LogP contribution in [0.2, 0.25) is 0 Å². The molecular weight excluding hydrogens is 426 g/mol. The number of ketones is 1. The molecule has 1 heterocycles. The van der Waals surface area contributed by atoms with Gasteiger partial charge in [0.25, 0.3) is 0 Å². The summed E-state index contributed by atoms with van der Waals surface area (Å²) in [4.78, 5) is 40.2. The molecule has 0 radical (unpaired) electrons. The first kappa shape index (κ1) is 20.8. The Morgan fingerprint density at radius 3 is 2.12 bits per heavy atom. The standard InChI is InChI=1S/C29H25NO4/c31-25(20-11-9-19(10-12-20)18-5-2-1-3-6-18)17-34-24-8-4-7-23(16-24)30-28(32)26-21-13-14-22(15-21)27(26)29(30)33/h1-12,16,21-22,26-27H,13-15,17H2/t21-,22-,26-,27-/m0/s1. The normalized spacial score (nSPS) is 25.0. The number of benzene rings is 3. The molecule has 3 aromatic rings. The van der Waals surface area contributed by atoms with Crippen LogP contribution in [0.15, 0.2) is 78.9 Å². The lowest BCUT2D eigenvalue weighted by atomic mass is 9.81. The van der Waals surface area contributed by atoms with Gasteiger partial charge in [-0.05, 0) is 54.4 Å². The molecule has 4 atom stereocenters. The van der Waals surface area contributed by atoms with Crippen molar-refractivity contribution in [1.29, 1.82) is 0 Å². The van der Waals surface area contributed by atoms with Crippen molar-refractivity contribution in [3.8, 4) is 16.9 Å². The van der Waals surface area contributed by atoms with Gasteiger partial charge in [0.15, 0.2) is 12.4 Å². The van der Waals surface area contributed by atoms with Gasteiger partial charge in [0.2, 0.25) is 11.8 Å². The van der Waals surface area contributed by atoms with E-state index in [1.807, 2.05) is 42.5 Å². The van der Waals surface area contributed by atoms with Gasteiger partial charge in [-0.1, -0.05) is 60.7 Å². The lowest BCUT2D eigenvalue weighted by molar-refractivity contribution is -0.123. The predicted molar refractivity (Wildman–Crippen MR) is 128 cm³/mol. The van der Waals surface area contributed by atoms with Gasteiger partial charge in [-0.3, -0.25) is 14.4 Å². The molecule has 3 fully saturated rings. The number of ether oxygens (including phenoxy) is 1. The Kier molecular flexibility index (Phi) is 5.05. The molecule has 3 aromatic carbocycles. The highest BCUT2D eigenvalue weighted by Crippen LogP contribution is 2.56. The summed E-state index contributed by atoms with van der Waals surface area (Å²) in [7, 11) is 0. The molecule has 6 rings (SSSR count). The van der Waals surface area contributed by atoms with Crippen LogP contribution in [0, 0.1) is 23.7 Å². The molecule has 2 amide bonds. The molecule has 0 unspecified atom stereocenters. The largest absolute Gasteiger partial charge is 0.485 e. The Morgan fingerprint density at radius 2 is 1.44 bits per heavy atom. The smallest absolute Gasteiger partial charge is 0.237 e. The Hall–Kier alpha value is -3.73. The number of fused-ring (bicyclic) bond motifs is 5. The topological polar surface area (TPSA) is 63.7 Å². The van der Waals surface area contributed by atoms with Crippen molar-refractivity contribution in [3.05, 3.63) is 84.4 Å². The number of rotatable bonds is 6. The second kappa shape index (κ2) is 8.24. The van der Waals surface area contributed by atoms with E-state index in [9.17, 15) is 14.4 Å². The third kappa shape index (κ3) is 3.43. The molecule has 1 saturated heterocycles. The van der Waals surface area contributed by atoms with Gasteiger partial charge < -0.3 is 4.74 Å². The lowest BCUT2D eigenvalue weighted by Crippen LogP contribution is -2.32. The van der Waals surface area contributed by atoms with E-state index in [2.05, 4.69) is 0 Å². The number of anilines is 1. The lowest BCUT2D eigenvalue weighted by Gasteiger charge is -2.19. The van der Waals surface area contributed by atoms with E-state index < -0.39 is 0 Å². The van der Waals surface area contributed by atoms with E-state index in [0.29, 0.717) is 28.8 Å². The zero-order chi connectivity index (χ0) is 23.2. The van der Waals surface area contributed by atoms with E-state index in [-0.39, 0.29) is 36.0 Å². The van der Waals surface area contributed by atoms with Crippen LogP contribution in [0.4, 0.5) is 5.69 Å². The molecule has 5 nitrogen and oxygen atoms in total. The molecule has 2 aliphatic carbocycles. The highest BCUT2D eigenvalue weighted by molar-refractivity contribution is 6.22. The quantitative estimate of drug-likeness (QED) is 0.384. The van der Waals surface area contributed by atoms with Crippen LogP contribution in [0.5, 0.6) is 5.75 Å². The minimum absolute atomic E-state index is 0.0751. The van der Waals surface area contributed by atoms with Crippen molar-refractivity contribution >= 4 is 23.3 Å². The number of carbonyl (C=O) groups is 3. The molecular formula is C29H25NO4. The molecule has 2 bridgehead atoms. The van der Waals surface area contributed by atoms with Crippen LogP contribution in [-0.4, -0.2) is 24.2 Å². The van der Waals surface area contributed by atoms with Crippen molar-refractivity contribution in [1.82, 2.24) is 0 Å². The molecule has 0 N–H and O–H groups in total. The van der Waals surface area contributed by atoms with E-state index in [1.54, 1.807) is 36.4 Å². The average Bonchev–Trinajstić information content (AvgIpc) is 3.57. The number of carbonyl (C=O) groups excluding carboxylic acids is 3. The van der Waals surface area contributed by atoms with Crippen molar-refractivity contribution < 1.29 is 19.1 Å². The van der Waals surface area contributed by atoms with Crippen LogP contribution < -0.4 is 9.64 Å². The van der Waals surface area contributed by atoms with Crippen molar-refractivity contribution in [2.45, 2.75) is 19.3 Å². The van der Waals surface area contributed by atoms with E-state index in [4.69, 9.17) is 4.74 Å². The molecule has 2 saturated carbocycles. The molecule has 34 heavy (non-hydrogen) atoms.